The minimum absolute atomic E-state index is 0.194. The predicted molar refractivity (Wildman–Crippen MR) is 69.3 cm³/mol. The molecule has 1 heterocycles. The van der Waals surface area contributed by atoms with Crippen LogP contribution in [0.2, 0.25) is 5.02 Å². The topological polar surface area (TPSA) is 48.4 Å². The van der Waals surface area contributed by atoms with E-state index >= 15 is 0 Å². The monoisotopic (exact) mass is 265 g/mol. The van der Waals surface area contributed by atoms with E-state index in [-0.39, 0.29) is 5.69 Å². The van der Waals surface area contributed by atoms with Gasteiger partial charge in [0.15, 0.2) is 5.69 Å². The Morgan fingerprint density at radius 2 is 2.17 bits per heavy atom. The van der Waals surface area contributed by atoms with E-state index in [1.165, 1.54) is 13.2 Å². The van der Waals surface area contributed by atoms with E-state index in [1.54, 1.807) is 18.2 Å². The van der Waals surface area contributed by atoms with E-state index < -0.39 is 5.97 Å². The number of carbonyl (C=O) groups is 1. The number of carbonyl (C=O) groups excluding carboxylic acids is 1. The van der Waals surface area contributed by atoms with E-state index in [9.17, 15) is 4.79 Å². The number of aromatic nitrogens is 1. The van der Waals surface area contributed by atoms with Crippen LogP contribution in [0.5, 0.6) is 5.75 Å². The second-order valence-corrected chi connectivity index (χ2v) is 4.00. The summed E-state index contributed by atoms with van der Waals surface area (Å²) in [6.45, 7) is 2.49. The van der Waals surface area contributed by atoms with Gasteiger partial charge in [0, 0.05) is 5.39 Å². The Morgan fingerprint density at radius 3 is 2.83 bits per heavy atom. The maximum atomic E-state index is 11.4. The molecule has 18 heavy (non-hydrogen) atoms. The van der Waals surface area contributed by atoms with Crippen LogP contribution in [0.4, 0.5) is 0 Å². The molecule has 0 aliphatic rings. The Balaban J connectivity index is 2.55. The standard InChI is InChI=1S/C13H12ClNO3/c1-3-18-8-4-5-11-9(6-8)10(14)7-12(15-11)13(16)17-2/h4-7H,3H2,1-2H3. The Bertz CT molecular complexity index is 598. The first-order valence-corrected chi connectivity index (χ1v) is 5.85. The average molecular weight is 266 g/mol. The quantitative estimate of drug-likeness (QED) is 0.800. The lowest BCUT2D eigenvalue weighted by molar-refractivity contribution is 0.0594. The van der Waals surface area contributed by atoms with Gasteiger partial charge in [-0.2, -0.15) is 0 Å². The number of methoxy groups -OCH3 is 1. The van der Waals surface area contributed by atoms with Crippen LogP contribution in [0, 0.1) is 0 Å². The molecule has 0 spiro atoms. The lowest BCUT2D eigenvalue weighted by atomic mass is 10.2. The van der Waals surface area contributed by atoms with Crippen molar-refractivity contribution in [2.75, 3.05) is 13.7 Å². The Morgan fingerprint density at radius 1 is 1.39 bits per heavy atom. The molecular weight excluding hydrogens is 254 g/mol. The largest absolute Gasteiger partial charge is 0.494 e. The van der Waals surface area contributed by atoms with Crippen molar-refractivity contribution in [3.8, 4) is 5.75 Å². The summed E-state index contributed by atoms with van der Waals surface area (Å²) in [5.74, 6) is 0.215. The number of ether oxygens (including phenoxy) is 2. The molecule has 0 radical (unpaired) electrons. The highest BCUT2D eigenvalue weighted by molar-refractivity contribution is 6.35. The fourth-order valence-electron chi connectivity index (χ4n) is 1.63. The highest BCUT2D eigenvalue weighted by Gasteiger charge is 2.11. The zero-order chi connectivity index (χ0) is 13.1. The van der Waals surface area contributed by atoms with Crippen molar-refractivity contribution in [1.82, 2.24) is 4.98 Å². The van der Waals surface area contributed by atoms with Gasteiger partial charge in [0.2, 0.25) is 0 Å². The van der Waals surface area contributed by atoms with Crippen molar-refractivity contribution in [2.45, 2.75) is 6.92 Å². The number of nitrogens with zero attached hydrogens (tertiary/aromatic N) is 1. The molecule has 5 heteroatoms. The smallest absolute Gasteiger partial charge is 0.356 e. The van der Waals surface area contributed by atoms with E-state index in [1.807, 2.05) is 6.92 Å². The molecule has 0 aliphatic carbocycles. The van der Waals surface area contributed by atoms with Gasteiger partial charge in [0.05, 0.1) is 24.3 Å². The molecular formula is C13H12ClNO3. The Hall–Kier alpha value is -1.81. The molecule has 0 unspecified atom stereocenters. The lowest BCUT2D eigenvalue weighted by Crippen LogP contribution is -2.04. The number of rotatable bonds is 3. The van der Waals surface area contributed by atoms with Gasteiger partial charge in [0.25, 0.3) is 0 Å². The number of benzene rings is 1. The summed E-state index contributed by atoms with van der Waals surface area (Å²) in [6.07, 6.45) is 0. The van der Waals surface area contributed by atoms with Crippen LogP contribution in [-0.2, 0) is 4.74 Å². The normalized spacial score (nSPS) is 10.4. The summed E-state index contributed by atoms with van der Waals surface area (Å²) in [5, 5.41) is 1.19. The minimum Gasteiger partial charge on any atom is -0.494 e. The predicted octanol–water partition coefficient (Wildman–Crippen LogP) is 3.07. The molecule has 0 aliphatic heterocycles. The average Bonchev–Trinajstić information content (AvgIpc) is 2.38. The number of esters is 1. The zero-order valence-electron chi connectivity index (χ0n) is 10.1. The third kappa shape index (κ3) is 2.38. The second-order valence-electron chi connectivity index (χ2n) is 3.59. The van der Waals surface area contributed by atoms with Crippen LogP contribution in [-0.4, -0.2) is 24.7 Å². The van der Waals surface area contributed by atoms with Gasteiger partial charge in [-0.25, -0.2) is 9.78 Å². The fraction of sp³-hybridized carbons (Fsp3) is 0.231. The molecule has 0 amide bonds. The van der Waals surface area contributed by atoms with E-state index in [2.05, 4.69) is 9.72 Å². The van der Waals surface area contributed by atoms with Crippen LogP contribution >= 0.6 is 11.6 Å². The zero-order valence-corrected chi connectivity index (χ0v) is 10.8. The number of halogens is 1. The van der Waals surface area contributed by atoms with Crippen molar-refractivity contribution in [1.29, 1.82) is 0 Å². The molecule has 0 atom stereocenters. The highest BCUT2D eigenvalue weighted by Crippen LogP contribution is 2.27. The van der Waals surface area contributed by atoms with Gasteiger partial charge in [0.1, 0.15) is 5.75 Å². The van der Waals surface area contributed by atoms with Crippen LogP contribution < -0.4 is 4.74 Å². The van der Waals surface area contributed by atoms with Crippen LogP contribution in [0.25, 0.3) is 10.9 Å². The summed E-state index contributed by atoms with van der Waals surface area (Å²) in [4.78, 5) is 15.6. The number of hydrogen-bond donors (Lipinski definition) is 0. The van der Waals surface area contributed by atoms with Crippen LogP contribution in [0.15, 0.2) is 24.3 Å². The SMILES string of the molecule is CCOc1ccc2nc(C(=O)OC)cc(Cl)c2c1. The molecule has 0 saturated heterocycles. The summed E-state index contributed by atoms with van der Waals surface area (Å²) < 4.78 is 10.0. The molecule has 94 valence electrons. The van der Waals surface area contributed by atoms with Crippen molar-refractivity contribution < 1.29 is 14.3 Å². The van der Waals surface area contributed by atoms with Crippen molar-refractivity contribution in [2.24, 2.45) is 0 Å². The second kappa shape index (κ2) is 5.23. The maximum absolute atomic E-state index is 11.4. The summed E-state index contributed by atoms with van der Waals surface area (Å²) in [7, 11) is 1.31. The van der Waals surface area contributed by atoms with E-state index in [4.69, 9.17) is 16.3 Å². The Kier molecular flexibility index (Phi) is 3.67. The molecule has 4 nitrogen and oxygen atoms in total. The van der Waals surface area contributed by atoms with E-state index in [0.29, 0.717) is 17.1 Å². The first kappa shape index (κ1) is 12.6. The Labute approximate surface area is 109 Å². The number of hydrogen-bond acceptors (Lipinski definition) is 4. The minimum atomic E-state index is -0.507. The molecule has 0 saturated carbocycles. The highest BCUT2D eigenvalue weighted by atomic mass is 35.5. The lowest BCUT2D eigenvalue weighted by Gasteiger charge is -2.07. The fourth-order valence-corrected chi connectivity index (χ4v) is 1.88. The third-order valence-electron chi connectivity index (χ3n) is 2.44. The first-order valence-electron chi connectivity index (χ1n) is 5.47. The van der Waals surface area contributed by atoms with E-state index in [0.717, 1.165) is 11.1 Å². The van der Waals surface area contributed by atoms with Gasteiger partial charge in [-0.05, 0) is 31.2 Å². The van der Waals surface area contributed by atoms with Crippen LogP contribution in [0.3, 0.4) is 0 Å². The molecule has 1 aromatic heterocycles. The molecule has 1 aromatic carbocycles. The van der Waals surface area contributed by atoms with Crippen LogP contribution in [0.1, 0.15) is 17.4 Å². The summed E-state index contributed by atoms with van der Waals surface area (Å²) >= 11 is 6.13. The molecule has 2 rings (SSSR count). The molecule has 0 fully saturated rings. The molecule has 0 N–H and O–H groups in total. The van der Waals surface area contributed by atoms with Crippen molar-refractivity contribution in [3.05, 3.63) is 35.0 Å². The molecule has 2 aromatic rings. The van der Waals surface area contributed by atoms with Gasteiger partial charge < -0.3 is 9.47 Å². The van der Waals surface area contributed by atoms with Gasteiger partial charge in [-0.1, -0.05) is 11.6 Å². The first-order chi connectivity index (χ1) is 8.65. The number of pyridine rings is 1. The number of fused-ring (bicyclic) bond motifs is 1. The summed E-state index contributed by atoms with van der Waals surface area (Å²) in [6, 6.07) is 6.84. The van der Waals surface area contributed by atoms with Crippen molar-refractivity contribution in [3.63, 3.8) is 0 Å². The van der Waals surface area contributed by atoms with Gasteiger partial charge in [-0.15, -0.1) is 0 Å². The van der Waals surface area contributed by atoms with Gasteiger partial charge >= 0.3 is 5.97 Å². The molecule has 0 bridgehead atoms. The maximum Gasteiger partial charge on any atom is 0.356 e. The third-order valence-corrected chi connectivity index (χ3v) is 2.75. The summed E-state index contributed by atoms with van der Waals surface area (Å²) in [5.41, 5.74) is 0.825. The van der Waals surface area contributed by atoms with Crippen molar-refractivity contribution >= 4 is 28.5 Å². The van der Waals surface area contributed by atoms with Gasteiger partial charge in [-0.3, -0.25) is 0 Å².